The van der Waals surface area contributed by atoms with E-state index in [0.717, 1.165) is 11.1 Å². The van der Waals surface area contributed by atoms with Crippen molar-refractivity contribution in [3.05, 3.63) is 100 Å². The molecular weight excluding hydrogens is 479 g/mol. The summed E-state index contributed by atoms with van der Waals surface area (Å²) in [7, 11) is 1.60. The van der Waals surface area contributed by atoms with E-state index in [2.05, 4.69) is 6.07 Å². The topological polar surface area (TPSA) is 71.2 Å². The Morgan fingerprint density at radius 2 is 1.83 bits per heavy atom. The highest BCUT2D eigenvalue weighted by atomic mass is 35.5. The Morgan fingerprint density at radius 1 is 1.11 bits per heavy atom. The molecule has 1 unspecified atom stereocenters. The number of nitrogens with zero attached hydrogens (tertiary/aromatic N) is 4. The summed E-state index contributed by atoms with van der Waals surface area (Å²) in [6.45, 7) is 4.05. The second-order valence-corrected chi connectivity index (χ2v) is 9.15. The number of hydrogen-bond acceptors (Lipinski definition) is 4. The second-order valence-electron chi connectivity index (χ2n) is 8.74. The van der Waals surface area contributed by atoms with Crippen LogP contribution in [0.2, 0.25) is 5.02 Å². The van der Waals surface area contributed by atoms with Crippen LogP contribution in [0.25, 0.3) is 11.4 Å². The van der Waals surface area contributed by atoms with Crippen molar-refractivity contribution in [1.82, 2.24) is 9.55 Å². The average Bonchev–Trinajstić information content (AvgIpc) is 3.41. The molecule has 0 radical (unpaired) electrons. The first-order valence-corrected chi connectivity index (χ1v) is 11.8. The minimum Gasteiger partial charge on any atom is -0.496 e. The highest BCUT2D eigenvalue weighted by Gasteiger charge is 2.45. The quantitative estimate of drug-likeness (QED) is 0.311. The monoisotopic (exact) mass is 500 g/mol. The lowest BCUT2D eigenvalue weighted by atomic mass is 10.0. The van der Waals surface area contributed by atoms with E-state index in [0.29, 0.717) is 34.2 Å². The first-order chi connectivity index (χ1) is 17.3. The van der Waals surface area contributed by atoms with E-state index < -0.39 is 11.9 Å². The first kappa shape index (κ1) is 23.6. The molecule has 0 saturated heterocycles. The van der Waals surface area contributed by atoms with E-state index in [1.165, 1.54) is 18.2 Å². The maximum absolute atomic E-state index is 14.0. The van der Waals surface area contributed by atoms with E-state index >= 15 is 0 Å². The third kappa shape index (κ3) is 3.71. The number of carbonyl (C=O) groups is 1. The Labute approximate surface area is 213 Å². The Morgan fingerprint density at radius 3 is 2.47 bits per heavy atom. The lowest BCUT2D eigenvalue weighted by Gasteiger charge is -2.28. The zero-order valence-electron chi connectivity index (χ0n) is 19.9. The molecule has 1 aliphatic heterocycles. The van der Waals surface area contributed by atoms with Gasteiger partial charge >= 0.3 is 0 Å². The standard InChI is InChI=1S/C28H22ClFN4O2/c1-16(2)33-26-24(32-27(33)20-6-4-5-7-23(20)36-3)28(35)34(19-12-13-22(30)21(29)14-19)25(26)18-10-8-17(15-31)9-11-18/h4-14,16,25H,1-3H3. The number of anilines is 1. The number of ether oxygens (including phenoxy) is 1. The number of nitriles is 1. The SMILES string of the molecule is COc1ccccc1-c1nc2c(n1C(C)C)C(c1ccc(C#N)cc1)N(c1ccc(F)c(Cl)c1)C2=O. The molecule has 4 aromatic rings. The van der Waals surface area contributed by atoms with Gasteiger partial charge in [-0.2, -0.15) is 5.26 Å². The third-order valence-electron chi connectivity index (χ3n) is 6.29. The summed E-state index contributed by atoms with van der Waals surface area (Å²) in [5, 5.41) is 9.21. The third-order valence-corrected chi connectivity index (χ3v) is 6.58. The van der Waals surface area contributed by atoms with Crippen molar-refractivity contribution in [1.29, 1.82) is 5.26 Å². The van der Waals surface area contributed by atoms with Gasteiger partial charge in [-0.05, 0) is 61.9 Å². The number of benzene rings is 3. The fourth-order valence-corrected chi connectivity index (χ4v) is 4.88. The number of hydrogen-bond donors (Lipinski definition) is 0. The number of amides is 1. The van der Waals surface area contributed by atoms with Crippen molar-refractivity contribution >= 4 is 23.2 Å². The van der Waals surface area contributed by atoms with Crippen LogP contribution in [0.4, 0.5) is 10.1 Å². The molecule has 6 nitrogen and oxygen atoms in total. The molecule has 0 fully saturated rings. The van der Waals surface area contributed by atoms with Crippen LogP contribution in [0, 0.1) is 17.1 Å². The summed E-state index contributed by atoms with van der Waals surface area (Å²) >= 11 is 6.10. The number of fused-ring (bicyclic) bond motifs is 1. The number of halogens is 2. The van der Waals surface area contributed by atoms with Crippen molar-refractivity contribution in [2.45, 2.75) is 25.9 Å². The molecule has 0 bridgehead atoms. The van der Waals surface area contributed by atoms with E-state index in [9.17, 15) is 14.4 Å². The van der Waals surface area contributed by atoms with E-state index in [1.807, 2.05) is 54.8 Å². The molecule has 1 atom stereocenters. The Hall–Kier alpha value is -4.15. The van der Waals surface area contributed by atoms with Crippen molar-refractivity contribution in [3.63, 3.8) is 0 Å². The predicted molar refractivity (Wildman–Crippen MR) is 136 cm³/mol. The second kappa shape index (κ2) is 9.14. The number of aromatic nitrogens is 2. The normalized spacial score (nSPS) is 14.8. The van der Waals surface area contributed by atoms with Crippen LogP contribution < -0.4 is 9.64 Å². The first-order valence-electron chi connectivity index (χ1n) is 11.4. The van der Waals surface area contributed by atoms with Gasteiger partial charge in [0.1, 0.15) is 23.4 Å². The fraction of sp³-hybridized carbons (Fsp3) is 0.179. The molecule has 36 heavy (non-hydrogen) atoms. The summed E-state index contributed by atoms with van der Waals surface area (Å²) < 4.78 is 21.6. The summed E-state index contributed by atoms with van der Waals surface area (Å²) in [6, 6.07) is 20.3. The molecule has 0 spiro atoms. The zero-order valence-corrected chi connectivity index (χ0v) is 20.6. The van der Waals surface area contributed by atoms with Crippen LogP contribution >= 0.6 is 11.6 Å². The highest BCUT2D eigenvalue weighted by molar-refractivity contribution is 6.31. The molecule has 0 aliphatic carbocycles. The van der Waals surface area contributed by atoms with Crippen LogP contribution in [0.3, 0.4) is 0 Å². The summed E-state index contributed by atoms with van der Waals surface area (Å²) in [5.74, 6) is 0.379. The zero-order chi connectivity index (χ0) is 25.6. The fourth-order valence-electron chi connectivity index (χ4n) is 4.71. The molecule has 8 heteroatoms. The van der Waals surface area contributed by atoms with Gasteiger partial charge in [0.05, 0.1) is 35.0 Å². The summed E-state index contributed by atoms with van der Waals surface area (Å²) in [6.07, 6.45) is 0. The minimum atomic E-state index is -0.569. The van der Waals surface area contributed by atoms with Gasteiger partial charge in [0.2, 0.25) is 0 Å². The molecule has 2 heterocycles. The molecule has 1 aliphatic rings. The van der Waals surface area contributed by atoms with E-state index in [1.54, 1.807) is 24.1 Å². The minimum absolute atomic E-state index is 0.0494. The van der Waals surface area contributed by atoms with Crippen molar-refractivity contribution in [2.75, 3.05) is 12.0 Å². The molecule has 1 amide bonds. The molecule has 0 saturated carbocycles. The maximum atomic E-state index is 14.0. The predicted octanol–water partition coefficient (Wildman–Crippen LogP) is 6.55. The highest BCUT2D eigenvalue weighted by Crippen LogP contribution is 2.46. The molecule has 5 rings (SSSR count). The Balaban J connectivity index is 1.78. The van der Waals surface area contributed by atoms with Gasteiger partial charge < -0.3 is 9.30 Å². The number of carbonyl (C=O) groups excluding carboxylic acids is 1. The van der Waals surface area contributed by atoms with Crippen molar-refractivity contribution in [3.8, 4) is 23.2 Å². The van der Waals surface area contributed by atoms with E-state index in [4.69, 9.17) is 21.3 Å². The summed E-state index contributed by atoms with van der Waals surface area (Å²) in [5.41, 5.74) is 3.53. The molecule has 0 N–H and O–H groups in total. The van der Waals surface area contributed by atoms with Gasteiger partial charge in [0.15, 0.2) is 5.69 Å². The van der Waals surface area contributed by atoms with Crippen molar-refractivity contribution < 1.29 is 13.9 Å². The number of rotatable bonds is 5. The average molecular weight is 501 g/mol. The van der Waals surface area contributed by atoms with Gasteiger partial charge in [-0.1, -0.05) is 35.9 Å². The van der Waals surface area contributed by atoms with Gasteiger partial charge in [0, 0.05) is 11.7 Å². The number of methoxy groups -OCH3 is 1. The van der Waals surface area contributed by atoms with Gasteiger partial charge in [-0.25, -0.2) is 9.37 Å². The van der Waals surface area contributed by atoms with Crippen LogP contribution in [0.15, 0.2) is 66.7 Å². The van der Waals surface area contributed by atoms with Gasteiger partial charge in [-0.3, -0.25) is 9.69 Å². The molecule has 180 valence electrons. The molecule has 1 aromatic heterocycles. The molecular formula is C28H22ClFN4O2. The number of para-hydroxylation sites is 1. The van der Waals surface area contributed by atoms with Gasteiger partial charge in [-0.15, -0.1) is 0 Å². The smallest absolute Gasteiger partial charge is 0.279 e. The lowest BCUT2D eigenvalue weighted by molar-refractivity contribution is 0.0989. The van der Waals surface area contributed by atoms with Crippen LogP contribution in [0.5, 0.6) is 5.75 Å². The Bertz CT molecular complexity index is 1520. The summed E-state index contributed by atoms with van der Waals surface area (Å²) in [4.78, 5) is 20.3. The lowest BCUT2D eigenvalue weighted by Crippen LogP contribution is -2.30. The largest absolute Gasteiger partial charge is 0.496 e. The van der Waals surface area contributed by atoms with Crippen molar-refractivity contribution in [2.24, 2.45) is 0 Å². The van der Waals surface area contributed by atoms with E-state index in [-0.39, 0.29) is 17.0 Å². The number of imidazole rings is 1. The van der Waals surface area contributed by atoms with Crippen LogP contribution in [0.1, 0.15) is 53.2 Å². The maximum Gasteiger partial charge on any atom is 0.279 e. The van der Waals surface area contributed by atoms with Crippen LogP contribution in [-0.4, -0.2) is 22.6 Å². The van der Waals surface area contributed by atoms with Crippen LogP contribution in [-0.2, 0) is 0 Å². The van der Waals surface area contributed by atoms with Gasteiger partial charge in [0.25, 0.3) is 5.91 Å². The molecule has 3 aromatic carbocycles. The Kier molecular flexibility index (Phi) is 5.99.